The van der Waals surface area contributed by atoms with Gasteiger partial charge in [-0.25, -0.2) is 0 Å². The van der Waals surface area contributed by atoms with Gasteiger partial charge in [0.25, 0.3) is 0 Å². The van der Waals surface area contributed by atoms with Gasteiger partial charge in [0.2, 0.25) is 0 Å². The van der Waals surface area contributed by atoms with E-state index in [1.165, 1.54) is 6.07 Å². The van der Waals surface area contributed by atoms with Crippen molar-refractivity contribution >= 4 is 27.3 Å². The summed E-state index contributed by atoms with van der Waals surface area (Å²) < 4.78 is 37.7. The number of alkyl halides is 3. The first kappa shape index (κ1) is 11.0. The molecule has 6 heteroatoms. The number of thiophene rings is 1. The zero-order chi connectivity index (χ0) is 10.1. The Morgan fingerprint density at radius 1 is 1.46 bits per heavy atom. The van der Waals surface area contributed by atoms with E-state index in [-0.39, 0.29) is 4.88 Å². The molecule has 1 rings (SSSR count). The highest BCUT2D eigenvalue weighted by Gasteiger charge is 2.40. The lowest BCUT2D eigenvalue weighted by atomic mass is 10.1. The van der Waals surface area contributed by atoms with Crippen molar-refractivity contribution in [2.75, 3.05) is 6.54 Å². The van der Waals surface area contributed by atoms with E-state index in [2.05, 4.69) is 15.9 Å². The van der Waals surface area contributed by atoms with Crippen LogP contribution in [0.3, 0.4) is 0 Å². The van der Waals surface area contributed by atoms with E-state index in [9.17, 15) is 13.2 Å². The molecule has 0 saturated carbocycles. The minimum absolute atomic E-state index is 0.252. The Balaban J connectivity index is 2.91. The second-order valence-corrected chi connectivity index (χ2v) is 4.97. The lowest BCUT2D eigenvalue weighted by molar-refractivity contribution is -0.147. The molecule has 0 aliphatic carbocycles. The first-order chi connectivity index (χ1) is 5.95. The first-order valence-electron chi connectivity index (χ1n) is 3.47. The SMILES string of the molecule is NCC(c1ccc(Br)s1)C(F)(F)F. The maximum absolute atomic E-state index is 12.3. The standard InChI is InChI=1S/C7H7BrF3NS/c8-6-2-1-5(13-6)4(3-12)7(9,10)11/h1-2,4H,3,12H2. The van der Waals surface area contributed by atoms with Crippen molar-refractivity contribution in [2.45, 2.75) is 12.1 Å². The molecule has 0 aliphatic rings. The zero-order valence-corrected chi connectivity index (χ0v) is 8.84. The van der Waals surface area contributed by atoms with Gasteiger partial charge in [-0.15, -0.1) is 11.3 Å². The predicted molar refractivity (Wildman–Crippen MR) is 49.9 cm³/mol. The Morgan fingerprint density at radius 3 is 2.38 bits per heavy atom. The van der Waals surface area contributed by atoms with Crippen LogP contribution in [0.25, 0.3) is 0 Å². The lowest BCUT2D eigenvalue weighted by Crippen LogP contribution is -2.27. The maximum atomic E-state index is 12.3. The third-order valence-corrected chi connectivity index (χ3v) is 3.31. The van der Waals surface area contributed by atoms with E-state index in [0.717, 1.165) is 11.3 Å². The normalized spacial score (nSPS) is 14.5. The average Bonchev–Trinajstić information content (AvgIpc) is 2.34. The van der Waals surface area contributed by atoms with Crippen molar-refractivity contribution in [1.82, 2.24) is 0 Å². The summed E-state index contributed by atoms with van der Waals surface area (Å²) in [4.78, 5) is 0.252. The summed E-state index contributed by atoms with van der Waals surface area (Å²) >= 11 is 4.17. The summed E-state index contributed by atoms with van der Waals surface area (Å²) in [6, 6.07) is 3.04. The molecule has 1 atom stereocenters. The number of hydrogen-bond acceptors (Lipinski definition) is 2. The quantitative estimate of drug-likeness (QED) is 0.881. The summed E-state index contributed by atoms with van der Waals surface area (Å²) in [5, 5.41) is 0. The number of nitrogens with two attached hydrogens (primary N) is 1. The molecule has 0 bridgehead atoms. The van der Waals surface area contributed by atoms with Crippen LogP contribution in [0.1, 0.15) is 10.8 Å². The molecule has 0 fully saturated rings. The molecule has 0 aliphatic heterocycles. The fraction of sp³-hybridized carbons (Fsp3) is 0.429. The molecule has 0 spiro atoms. The minimum atomic E-state index is -4.25. The molecular formula is C7H7BrF3NS. The topological polar surface area (TPSA) is 26.0 Å². The van der Waals surface area contributed by atoms with Crippen LogP contribution in [-0.4, -0.2) is 12.7 Å². The van der Waals surface area contributed by atoms with Crippen LogP contribution in [0.15, 0.2) is 15.9 Å². The largest absolute Gasteiger partial charge is 0.397 e. The van der Waals surface area contributed by atoms with Crippen LogP contribution >= 0.6 is 27.3 Å². The fourth-order valence-electron chi connectivity index (χ4n) is 0.927. The zero-order valence-electron chi connectivity index (χ0n) is 6.44. The Hall–Kier alpha value is -0.0700. The van der Waals surface area contributed by atoms with E-state index in [1.54, 1.807) is 6.07 Å². The Kier molecular flexibility index (Phi) is 3.37. The number of rotatable bonds is 2. The molecule has 0 amide bonds. The first-order valence-corrected chi connectivity index (χ1v) is 5.08. The van der Waals surface area contributed by atoms with E-state index in [4.69, 9.17) is 5.73 Å². The van der Waals surface area contributed by atoms with Crippen molar-refractivity contribution in [3.05, 3.63) is 20.8 Å². The molecule has 0 aromatic carbocycles. The highest BCUT2D eigenvalue weighted by molar-refractivity contribution is 9.11. The lowest BCUT2D eigenvalue weighted by Gasteiger charge is -2.16. The van der Waals surface area contributed by atoms with E-state index < -0.39 is 18.6 Å². The van der Waals surface area contributed by atoms with Gasteiger partial charge in [-0.3, -0.25) is 0 Å². The van der Waals surface area contributed by atoms with Gasteiger partial charge in [-0.1, -0.05) is 0 Å². The molecule has 2 N–H and O–H groups in total. The number of halogens is 4. The highest BCUT2D eigenvalue weighted by atomic mass is 79.9. The molecule has 0 saturated heterocycles. The summed E-state index contributed by atoms with van der Waals surface area (Å²) in [5.74, 6) is -1.54. The third kappa shape index (κ3) is 2.69. The van der Waals surface area contributed by atoms with Crippen molar-refractivity contribution < 1.29 is 13.2 Å². The van der Waals surface area contributed by atoms with Crippen molar-refractivity contribution in [3.8, 4) is 0 Å². The molecule has 1 aromatic rings. The molecule has 1 unspecified atom stereocenters. The van der Waals surface area contributed by atoms with Crippen LogP contribution < -0.4 is 5.73 Å². The van der Waals surface area contributed by atoms with Gasteiger partial charge >= 0.3 is 6.18 Å². The van der Waals surface area contributed by atoms with Gasteiger partial charge in [0, 0.05) is 11.4 Å². The summed E-state index contributed by atoms with van der Waals surface area (Å²) in [5.41, 5.74) is 5.07. The minimum Gasteiger partial charge on any atom is -0.329 e. The summed E-state index contributed by atoms with van der Waals surface area (Å²) in [7, 11) is 0. The molecule has 13 heavy (non-hydrogen) atoms. The number of hydrogen-bond donors (Lipinski definition) is 1. The van der Waals surface area contributed by atoms with Gasteiger partial charge in [-0.05, 0) is 28.1 Å². The van der Waals surface area contributed by atoms with Gasteiger partial charge in [0.1, 0.15) is 5.92 Å². The Labute approximate surface area is 85.9 Å². The van der Waals surface area contributed by atoms with Crippen molar-refractivity contribution in [1.29, 1.82) is 0 Å². The smallest absolute Gasteiger partial charge is 0.329 e. The van der Waals surface area contributed by atoms with Crippen molar-refractivity contribution in [2.24, 2.45) is 5.73 Å². The highest BCUT2D eigenvalue weighted by Crippen LogP contribution is 2.38. The molecule has 1 nitrogen and oxygen atoms in total. The molecule has 1 aromatic heterocycles. The van der Waals surface area contributed by atoms with Crippen molar-refractivity contribution in [3.63, 3.8) is 0 Å². The van der Waals surface area contributed by atoms with E-state index >= 15 is 0 Å². The van der Waals surface area contributed by atoms with Gasteiger partial charge in [0.05, 0.1) is 3.79 Å². The van der Waals surface area contributed by atoms with Crippen LogP contribution in [0.2, 0.25) is 0 Å². The maximum Gasteiger partial charge on any atom is 0.397 e. The van der Waals surface area contributed by atoms with E-state index in [0.29, 0.717) is 3.79 Å². The van der Waals surface area contributed by atoms with Gasteiger partial charge in [-0.2, -0.15) is 13.2 Å². The Morgan fingerprint density at radius 2 is 2.08 bits per heavy atom. The average molecular weight is 274 g/mol. The second kappa shape index (κ2) is 3.98. The third-order valence-electron chi connectivity index (χ3n) is 1.57. The fourth-order valence-corrected chi connectivity index (χ4v) is 2.49. The summed E-state index contributed by atoms with van der Waals surface area (Å²) in [6.45, 7) is -0.406. The van der Waals surface area contributed by atoms with Crippen LogP contribution in [0, 0.1) is 0 Å². The van der Waals surface area contributed by atoms with Gasteiger partial charge < -0.3 is 5.73 Å². The second-order valence-electron chi connectivity index (χ2n) is 2.47. The van der Waals surface area contributed by atoms with Gasteiger partial charge in [0.15, 0.2) is 0 Å². The Bertz CT molecular complexity index is 284. The van der Waals surface area contributed by atoms with Crippen LogP contribution in [0.4, 0.5) is 13.2 Å². The molecule has 1 heterocycles. The monoisotopic (exact) mass is 273 g/mol. The molecule has 0 radical (unpaired) electrons. The molecular weight excluding hydrogens is 267 g/mol. The van der Waals surface area contributed by atoms with E-state index in [1.807, 2.05) is 0 Å². The van der Waals surface area contributed by atoms with Crippen LogP contribution in [0.5, 0.6) is 0 Å². The predicted octanol–water partition coefficient (Wildman–Crippen LogP) is 3.12. The summed E-state index contributed by atoms with van der Waals surface area (Å²) in [6.07, 6.45) is -4.25. The molecule has 74 valence electrons. The van der Waals surface area contributed by atoms with Crippen LogP contribution in [-0.2, 0) is 0 Å².